The second-order valence-corrected chi connectivity index (χ2v) is 5.51. The van der Waals surface area contributed by atoms with Gasteiger partial charge in [-0.2, -0.15) is 4.42 Å². The minimum atomic E-state index is 0.954. The van der Waals surface area contributed by atoms with Crippen LogP contribution in [0.1, 0.15) is 0 Å². The molecule has 0 atom stereocenters. The number of fused-ring (bicyclic) bond motifs is 2. The summed E-state index contributed by atoms with van der Waals surface area (Å²) in [6.45, 7) is 0. The van der Waals surface area contributed by atoms with Crippen LogP contribution in [0.3, 0.4) is 0 Å². The Labute approximate surface area is 114 Å². The first-order valence-corrected chi connectivity index (χ1v) is 7.03. The van der Waals surface area contributed by atoms with E-state index in [1.54, 1.807) is 11.3 Å². The summed E-state index contributed by atoms with van der Waals surface area (Å²) in [5.74, 6) is 0. The quantitative estimate of drug-likeness (QED) is 0.407. The second kappa shape index (κ2) is 4.18. The second-order valence-electron chi connectivity index (χ2n) is 4.50. The molecule has 0 unspecified atom stereocenters. The Hall–Kier alpha value is -2.19. The molecule has 0 amide bonds. The molecule has 0 fully saturated rings. The highest BCUT2D eigenvalue weighted by Gasteiger charge is 2.19. The monoisotopic (exact) mass is 263 g/mol. The van der Waals surface area contributed by atoms with Gasteiger partial charge in [0.25, 0.3) is 0 Å². The summed E-state index contributed by atoms with van der Waals surface area (Å²) in [4.78, 5) is 0. The van der Waals surface area contributed by atoms with Crippen LogP contribution in [0.4, 0.5) is 0 Å². The largest absolute Gasteiger partial charge is 0.418 e. The molecular weight excluding hydrogens is 252 g/mol. The third kappa shape index (κ3) is 1.81. The highest BCUT2D eigenvalue weighted by atomic mass is 32.1. The van der Waals surface area contributed by atoms with E-state index in [9.17, 15) is 0 Å². The van der Waals surface area contributed by atoms with Gasteiger partial charge in [0.15, 0.2) is 0 Å². The average molecular weight is 263 g/mol. The van der Waals surface area contributed by atoms with Crippen molar-refractivity contribution in [2.24, 2.45) is 0 Å². The molecule has 0 radical (unpaired) electrons. The van der Waals surface area contributed by atoms with Crippen LogP contribution in [0.5, 0.6) is 0 Å². The standard InChI is InChI=1S/C17H11OS/c1-2-6-13-11-14(10-9-12(13)5-1)17-18-15-7-3-4-8-16(15)19-17/h1-11H/q+1. The maximum atomic E-state index is 5.92. The third-order valence-electron chi connectivity index (χ3n) is 3.24. The van der Waals surface area contributed by atoms with Crippen molar-refractivity contribution in [1.29, 1.82) is 0 Å². The molecule has 0 N–H and O–H groups in total. The van der Waals surface area contributed by atoms with E-state index in [1.165, 1.54) is 15.5 Å². The zero-order valence-corrected chi connectivity index (χ0v) is 11.0. The van der Waals surface area contributed by atoms with Crippen LogP contribution < -0.4 is 0 Å². The zero-order chi connectivity index (χ0) is 12.7. The topological polar surface area (TPSA) is 11.3 Å². The zero-order valence-electron chi connectivity index (χ0n) is 10.2. The molecule has 0 bridgehead atoms. The Morgan fingerprint density at radius 2 is 1.53 bits per heavy atom. The lowest BCUT2D eigenvalue weighted by Gasteiger charge is -1.96. The lowest BCUT2D eigenvalue weighted by atomic mass is 10.1. The number of rotatable bonds is 1. The van der Waals surface area contributed by atoms with Gasteiger partial charge in [-0.1, -0.05) is 42.5 Å². The van der Waals surface area contributed by atoms with Crippen LogP contribution in [-0.4, -0.2) is 0 Å². The lowest BCUT2D eigenvalue weighted by molar-refractivity contribution is 0.639. The Bertz CT molecular complexity index is 843. The number of benzene rings is 3. The molecule has 90 valence electrons. The summed E-state index contributed by atoms with van der Waals surface area (Å²) in [5, 5.41) is 3.46. The fourth-order valence-corrected chi connectivity index (χ4v) is 3.21. The van der Waals surface area contributed by atoms with E-state index in [0.29, 0.717) is 0 Å². The minimum absolute atomic E-state index is 0.954. The van der Waals surface area contributed by atoms with Crippen molar-refractivity contribution in [3.8, 4) is 10.6 Å². The summed E-state index contributed by atoms with van der Waals surface area (Å²) in [6.07, 6.45) is 0. The highest BCUT2D eigenvalue weighted by Crippen LogP contribution is 2.34. The predicted molar refractivity (Wildman–Crippen MR) is 81.4 cm³/mol. The Kier molecular flexibility index (Phi) is 2.35. The van der Waals surface area contributed by atoms with E-state index in [-0.39, 0.29) is 0 Å². The first-order chi connectivity index (χ1) is 9.40. The van der Waals surface area contributed by atoms with Gasteiger partial charge < -0.3 is 0 Å². The SMILES string of the molecule is c1ccc2cc(-c3[o+]c4ccccc4s3)ccc2c1. The molecule has 0 saturated carbocycles. The molecule has 1 heterocycles. The smallest absolute Gasteiger partial charge is 0.194 e. The Morgan fingerprint density at radius 1 is 0.737 bits per heavy atom. The van der Waals surface area contributed by atoms with Crippen molar-refractivity contribution >= 4 is 32.4 Å². The van der Waals surface area contributed by atoms with E-state index in [2.05, 4.69) is 48.5 Å². The van der Waals surface area contributed by atoms with Crippen LogP contribution in [0.25, 0.3) is 31.7 Å². The van der Waals surface area contributed by atoms with Gasteiger partial charge in [0, 0.05) is 6.07 Å². The van der Waals surface area contributed by atoms with Gasteiger partial charge >= 0.3 is 10.7 Å². The summed E-state index contributed by atoms with van der Waals surface area (Å²) < 4.78 is 7.11. The van der Waals surface area contributed by atoms with Gasteiger partial charge in [-0.25, -0.2) is 0 Å². The van der Waals surface area contributed by atoms with Gasteiger partial charge in [-0.15, -0.1) is 0 Å². The first kappa shape index (κ1) is 10.7. The molecule has 1 nitrogen and oxygen atoms in total. The molecular formula is C17H11OS+. The van der Waals surface area contributed by atoms with Crippen molar-refractivity contribution in [2.45, 2.75) is 0 Å². The van der Waals surface area contributed by atoms with E-state index >= 15 is 0 Å². The van der Waals surface area contributed by atoms with Crippen LogP contribution in [0.15, 0.2) is 71.1 Å². The molecule has 0 saturated heterocycles. The molecule has 19 heavy (non-hydrogen) atoms. The van der Waals surface area contributed by atoms with Crippen molar-refractivity contribution in [3.05, 3.63) is 66.7 Å². The Morgan fingerprint density at radius 3 is 2.42 bits per heavy atom. The van der Waals surface area contributed by atoms with Gasteiger partial charge in [0.2, 0.25) is 0 Å². The Balaban J connectivity index is 1.93. The van der Waals surface area contributed by atoms with Crippen molar-refractivity contribution in [1.82, 2.24) is 0 Å². The van der Waals surface area contributed by atoms with Crippen LogP contribution >= 0.6 is 11.3 Å². The van der Waals surface area contributed by atoms with Gasteiger partial charge in [-0.3, -0.25) is 0 Å². The summed E-state index contributed by atoms with van der Waals surface area (Å²) in [5.41, 5.74) is 2.09. The third-order valence-corrected chi connectivity index (χ3v) is 4.30. The summed E-state index contributed by atoms with van der Waals surface area (Å²) >= 11 is 1.69. The van der Waals surface area contributed by atoms with E-state index in [0.717, 1.165) is 16.2 Å². The normalized spacial score (nSPS) is 11.2. The molecule has 1 aromatic heterocycles. The van der Waals surface area contributed by atoms with Gasteiger partial charge in [0.05, 0.1) is 5.56 Å². The average Bonchev–Trinajstić information content (AvgIpc) is 2.90. The van der Waals surface area contributed by atoms with E-state index in [4.69, 9.17) is 4.42 Å². The molecule has 4 rings (SSSR count). The maximum Gasteiger partial charge on any atom is 0.418 e. The van der Waals surface area contributed by atoms with Crippen molar-refractivity contribution in [3.63, 3.8) is 0 Å². The molecule has 4 aromatic rings. The molecule has 0 aliphatic rings. The molecule has 0 aliphatic carbocycles. The number of para-hydroxylation sites is 1. The predicted octanol–water partition coefficient (Wildman–Crippen LogP) is 5.60. The fourth-order valence-electron chi connectivity index (χ4n) is 2.27. The van der Waals surface area contributed by atoms with E-state index < -0.39 is 0 Å². The minimum Gasteiger partial charge on any atom is -0.194 e. The lowest BCUT2D eigenvalue weighted by Crippen LogP contribution is -1.74. The number of hydrogen-bond donors (Lipinski definition) is 0. The van der Waals surface area contributed by atoms with Crippen molar-refractivity contribution in [2.75, 3.05) is 0 Å². The van der Waals surface area contributed by atoms with Crippen LogP contribution in [0.2, 0.25) is 0 Å². The number of hydrogen-bond acceptors (Lipinski definition) is 1. The molecule has 0 spiro atoms. The maximum absolute atomic E-state index is 5.92. The molecule has 0 aliphatic heterocycles. The first-order valence-electron chi connectivity index (χ1n) is 6.21. The van der Waals surface area contributed by atoms with Gasteiger partial charge in [0.1, 0.15) is 4.70 Å². The van der Waals surface area contributed by atoms with Gasteiger partial charge in [-0.05, 0) is 40.3 Å². The molecule has 3 aromatic carbocycles. The summed E-state index contributed by atoms with van der Waals surface area (Å²) in [6, 6.07) is 23.0. The van der Waals surface area contributed by atoms with Crippen LogP contribution in [0, 0.1) is 0 Å². The summed E-state index contributed by atoms with van der Waals surface area (Å²) in [7, 11) is 0. The molecule has 2 heteroatoms. The van der Waals surface area contributed by atoms with Crippen molar-refractivity contribution < 1.29 is 4.42 Å². The van der Waals surface area contributed by atoms with E-state index in [1.807, 2.05) is 18.2 Å². The highest BCUT2D eigenvalue weighted by molar-refractivity contribution is 7.21. The fraction of sp³-hybridized carbons (Fsp3) is 0. The van der Waals surface area contributed by atoms with Crippen LogP contribution in [-0.2, 0) is 0 Å².